The average molecular weight is 376 g/mol. The van der Waals surface area contributed by atoms with Gasteiger partial charge in [-0.25, -0.2) is 14.2 Å². The first kappa shape index (κ1) is 17.3. The van der Waals surface area contributed by atoms with Gasteiger partial charge in [-0.3, -0.25) is 9.89 Å². The highest BCUT2D eigenvalue weighted by atomic mass is 19.1. The Kier molecular flexibility index (Phi) is 4.08. The molecule has 0 saturated carbocycles. The molecule has 2 heterocycles. The quantitative estimate of drug-likeness (QED) is 0.505. The summed E-state index contributed by atoms with van der Waals surface area (Å²) in [7, 11) is 0. The highest BCUT2D eigenvalue weighted by Crippen LogP contribution is 2.31. The number of carboxylic acid groups (broad SMARTS) is 1. The molecule has 0 aliphatic carbocycles. The highest BCUT2D eigenvalue weighted by molar-refractivity contribution is 6.10. The fourth-order valence-corrected chi connectivity index (χ4v) is 3.03. The van der Waals surface area contributed by atoms with Crippen LogP contribution in [0.1, 0.15) is 20.7 Å². The minimum absolute atomic E-state index is 0.175. The predicted octanol–water partition coefficient (Wildman–Crippen LogP) is 3.23. The van der Waals surface area contributed by atoms with Crippen molar-refractivity contribution >= 4 is 22.9 Å². The molecule has 138 valence electrons. The van der Waals surface area contributed by atoms with Crippen LogP contribution in [0, 0.1) is 5.82 Å². The number of aromatic nitrogens is 3. The molecule has 0 unspecified atom stereocenters. The lowest BCUT2D eigenvalue weighted by Crippen LogP contribution is -2.12. The van der Waals surface area contributed by atoms with Crippen LogP contribution in [0.4, 0.5) is 4.39 Å². The van der Waals surface area contributed by atoms with E-state index in [0.29, 0.717) is 16.6 Å². The Bertz CT molecular complexity index is 1240. The number of H-pyrrole nitrogens is 1. The zero-order valence-corrected chi connectivity index (χ0v) is 14.3. The second kappa shape index (κ2) is 6.58. The van der Waals surface area contributed by atoms with Crippen LogP contribution >= 0.6 is 0 Å². The molecule has 2 aromatic heterocycles. The number of carbonyl (C=O) groups excluding carboxylic acids is 1. The van der Waals surface area contributed by atoms with Crippen LogP contribution in [-0.2, 0) is 0 Å². The lowest BCUT2D eigenvalue weighted by molar-refractivity contribution is 0.0691. The standard InChI is InChI=1S/C20H13FN4O3/c21-14-7-6-11(8-12(14)20(27)28)15-9-13(18(22)26)16-17(24-25-19(16)23-15)10-4-2-1-3-5-10/h1-9H,(H2,22,26)(H,27,28)(H,23,24,25). The second-order valence-electron chi connectivity index (χ2n) is 6.08. The average Bonchev–Trinajstić information content (AvgIpc) is 3.12. The molecule has 7 nitrogen and oxygen atoms in total. The van der Waals surface area contributed by atoms with E-state index >= 15 is 0 Å². The van der Waals surface area contributed by atoms with Gasteiger partial charge < -0.3 is 10.8 Å². The van der Waals surface area contributed by atoms with Crippen LogP contribution < -0.4 is 5.73 Å². The SMILES string of the molecule is NC(=O)c1cc(-c2ccc(F)c(C(=O)O)c2)nc2n[nH]c(-c3ccccc3)c12. The number of nitrogens with one attached hydrogen (secondary N) is 1. The number of pyridine rings is 1. The lowest BCUT2D eigenvalue weighted by Gasteiger charge is -2.07. The Balaban J connectivity index is 1.95. The van der Waals surface area contributed by atoms with Crippen molar-refractivity contribution in [2.24, 2.45) is 5.73 Å². The molecular weight excluding hydrogens is 363 g/mol. The molecule has 0 atom stereocenters. The lowest BCUT2D eigenvalue weighted by atomic mass is 10.0. The molecule has 4 N–H and O–H groups in total. The zero-order valence-electron chi connectivity index (χ0n) is 14.3. The first-order valence-electron chi connectivity index (χ1n) is 8.23. The highest BCUT2D eigenvalue weighted by Gasteiger charge is 2.20. The number of benzene rings is 2. The number of nitrogens with zero attached hydrogens (tertiary/aromatic N) is 2. The van der Waals surface area contributed by atoms with Crippen LogP contribution in [0.3, 0.4) is 0 Å². The number of nitrogens with two attached hydrogens (primary N) is 1. The minimum atomic E-state index is -1.40. The van der Waals surface area contributed by atoms with Crippen molar-refractivity contribution < 1.29 is 19.1 Å². The molecule has 0 aliphatic rings. The number of aromatic amines is 1. The van der Waals surface area contributed by atoms with E-state index in [1.54, 1.807) is 0 Å². The summed E-state index contributed by atoms with van der Waals surface area (Å²) in [6.07, 6.45) is 0. The first-order valence-corrected chi connectivity index (χ1v) is 8.23. The summed E-state index contributed by atoms with van der Waals surface area (Å²) in [6, 6.07) is 14.3. The number of hydrogen-bond acceptors (Lipinski definition) is 4. The normalized spacial score (nSPS) is 10.9. The fourth-order valence-electron chi connectivity index (χ4n) is 3.03. The van der Waals surface area contributed by atoms with Gasteiger partial charge in [0.25, 0.3) is 0 Å². The topological polar surface area (TPSA) is 122 Å². The summed E-state index contributed by atoms with van der Waals surface area (Å²) in [5.41, 5.74) is 7.48. The van der Waals surface area contributed by atoms with Gasteiger partial charge in [0.1, 0.15) is 5.82 Å². The van der Waals surface area contributed by atoms with E-state index in [0.717, 1.165) is 17.7 Å². The second-order valence-corrected chi connectivity index (χ2v) is 6.08. The maximum atomic E-state index is 13.7. The molecule has 0 radical (unpaired) electrons. The Hall–Kier alpha value is -4.07. The van der Waals surface area contributed by atoms with E-state index in [1.165, 1.54) is 12.1 Å². The van der Waals surface area contributed by atoms with Gasteiger partial charge >= 0.3 is 5.97 Å². The smallest absolute Gasteiger partial charge is 0.338 e. The van der Waals surface area contributed by atoms with Gasteiger partial charge in [-0.15, -0.1) is 0 Å². The summed E-state index contributed by atoms with van der Waals surface area (Å²) in [5.74, 6) is -2.95. The number of hydrogen-bond donors (Lipinski definition) is 3. The molecule has 4 aromatic rings. The van der Waals surface area contributed by atoms with Gasteiger partial charge in [0, 0.05) is 11.1 Å². The van der Waals surface area contributed by atoms with Crippen molar-refractivity contribution in [2.75, 3.05) is 0 Å². The molecular formula is C20H13FN4O3. The minimum Gasteiger partial charge on any atom is -0.478 e. The Morgan fingerprint density at radius 2 is 1.75 bits per heavy atom. The van der Waals surface area contributed by atoms with Gasteiger partial charge in [-0.05, 0) is 24.3 Å². The number of carboxylic acids is 1. The van der Waals surface area contributed by atoms with E-state index in [-0.39, 0.29) is 16.9 Å². The molecule has 0 saturated heterocycles. The summed E-state index contributed by atoms with van der Waals surface area (Å²) < 4.78 is 13.7. The van der Waals surface area contributed by atoms with Crippen LogP contribution in [0.2, 0.25) is 0 Å². The number of amides is 1. The monoisotopic (exact) mass is 376 g/mol. The van der Waals surface area contributed by atoms with Gasteiger partial charge in [0.2, 0.25) is 5.91 Å². The van der Waals surface area contributed by atoms with E-state index in [1.807, 2.05) is 30.3 Å². The van der Waals surface area contributed by atoms with E-state index in [9.17, 15) is 14.0 Å². The first-order chi connectivity index (χ1) is 13.5. The number of halogens is 1. The molecule has 0 aliphatic heterocycles. The maximum absolute atomic E-state index is 13.7. The van der Waals surface area contributed by atoms with Crippen molar-refractivity contribution in [1.82, 2.24) is 15.2 Å². The van der Waals surface area contributed by atoms with Crippen molar-refractivity contribution in [2.45, 2.75) is 0 Å². The summed E-state index contributed by atoms with van der Waals surface area (Å²) in [6.45, 7) is 0. The zero-order chi connectivity index (χ0) is 19.8. The van der Waals surface area contributed by atoms with Crippen molar-refractivity contribution in [1.29, 1.82) is 0 Å². The molecule has 2 aromatic carbocycles. The molecule has 4 rings (SSSR count). The Labute approximate surface area is 157 Å². The Morgan fingerprint density at radius 1 is 1.00 bits per heavy atom. The van der Waals surface area contributed by atoms with Crippen LogP contribution in [0.25, 0.3) is 33.5 Å². The van der Waals surface area contributed by atoms with Crippen molar-refractivity contribution in [3.63, 3.8) is 0 Å². The molecule has 8 heteroatoms. The summed E-state index contributed by atoms with van der Waals surface area (Å²) >= 11 is 0. The number of rotatable bonds is 4. The van der Waals surface area contributed by atoms with Crippen LogP contribution in [0.5, 0.6) is 0 Å². The third-order valence-corrected chi connectivity index (χ3v) is 4.34. The van der Waals surface area contributed by atoms with Crippen LogP contribution in [0.15, 0.2) is 54.6 Å². The van der Waals surface area contributed by atoms with Crippen molar-refractivity contribution in [3.05, 3.63) is 71.5 Å². The molecule has 0 fully saturated rings. The number of fused-ring (bicyclic) bond motifs is 1. The van der Waals surface area contributed by atoms with Crippen molar-refractivity contribution in [3.8, 4) is 22.5 Å². The molecule has 28 heavy (non-hydrogen) atoms. The largest absolute Gasteiger partial charge is 0.478 e. The summed E-state index contributed by atoms with van der Waals surface area (Å²) in [4.78, 5) is 27.7. The number of carbonyl (C=O) groups is 2. The van der Waals surface area contributed by atoms with Gasteiger partial charge in [-0.1, -0.05) is 30.3 Å². The predicted molar refractivity (Wildman–Crippen MR) is 100 cm³/mol. The van der Waals surface area contributed by atoms with E-state index in [2.05, 4.69) is 15.2 Å². The van der Waals surface area contributed by atoms with Gasteiger partial charge in [0.15, 0.2) is 5.65 Å². The van der Waals surface area contributed by atoms with E-state index < -0.39 is 23.3 Å². The summed E-state index contributed by atoms with van der Waals surface area (Å²) in [5, 5.41) is 16.6. The number of aromatic carboxylic acids is 1. The van der Waals surface area contributed by atoms with Gasteiger partial charge in [0.05, 0.1) is 27.9 Å². The van der Waals surface area contributed by atoms with E-state index in [4.69, 9.17) is 10.8 Å². The van der Waals surface area contributed by atoms with Gasteiger partial charge in [-0.2, -0.15) is 5.10 Å². The Morgan fingerprint density at radius 3 is 2.43 bits per heavy atom. The van der Waals surface area contributed by atoms with Crippen LogP contribution in [-0.4, -0.2) is 32.2 Å². The maximum Gasteiger partial charge on any atom is 0.338 e. The number of primary amides is 1. The fraction of sp³-hybridized carbons (Fsp3) is 0. The molecule has 1 amide bonds. The molecule has 0 bridgehead atoms. The third kappa shape index (κ3) is 2.86. The third-order valence-electron chi connectivity index (χ3n) is 4.34. The molecule has 0 spiro atoms.